The maximum atomic E-state index is 13.5. The lowest BCUT2D eigenvalue weighted by Crippen LogP contribution is -2.64. The van der Waals surface area contributed by atoms with Crippen molar-refractivity contribution in [2.24, 2.45) is 0 Å². The molecule has 36 heavy (non-hydrogen) atoms. The first-order chi connectivity index (χ1) is 17.1. The number of carbonyl (C=O) groups is 3. The highest BCUT2D eigenvalue weighted by atomic mass is 32.2. The van der Waals surface area contributed by atoms with Gasteiger partial charge in [-0.15, -0.1) is 0 Å². The zero-order chi connectivity index (χ0) is 26.3. The number of sulfonamides is 1. The third kappa shape index (κ3) is 6.58. The summed E-state index contributed by atoms with van der Waals surface area (Å²) in [6, 6.07) is 8.34. The molecule has 1 aromatic heterocycles. The third-order valence-corrected chi connectivity index (χ3v) is 7.57. The molecule has 1 aromatic carbocycles. The molecule has 194 valence electrons. The molecule has 3 rings (SSSR count). The maximum absolute atomic E-state index is 13.5. The molecule has 2 aromatic rings. The molecule has 0 saturated carbocycles. The summed E-state index contributed by atoms with van der Waals surface area (Å²) >= 11 is 0. The molecule has 2 unspecified atom stereocenters. The minimum absolute atomic E-state index is 0.0303. The van der Waals surface area contributed by atoms with E-state index in [4.69, 9.17) is 4.74 Å². The van der Waals surface area contributed by atoms with E-state index in [0.29, 0.717) is 5.56 Å². The number of aromatic nitrogens is 1. The Kier molecular flexibility index (Phi) is 8.99. The Morgan fingerprint density at radius 3 is 2.42 bits per heavy atom. The number of amides is 3. The number of methoxy groups -OCH3 is 1. The Morgan fingerprint density at radius 1 is 1.08 bits per heavy atom. The van der Waals surface area contributed by atoms with Crippen LogP contribution in [0.3, 0.4) is 0 Å². The van der Waals surface area contributed by atoms with Crippen molar-refractivity contribution in [3.8, 4) is 0 Å². The Labute approximate surface area is 210 Å². The number of hydrogen-bond donors (Lipinski definition) is 2. The molecule has 3 amide bonds. The number of benzene rings is 1. The summed E-state index contributed by atoms with van der Waals surface area (Å²) in [6.07, 6.45) is 3.25. The van der Waals surface area contributed by atoms with Crippen LogP contribution in [0.15, 0.2) is 59.8 Å². The van der Waals surface area contributed by atoms with Crippen LogP contribution in [0.5, 0.6) is 0 Å². The monoisotopic (exact) mass is 517 g/mol. The second-order valence-corrected chi connectivity index (χ2v) is 10.5. The Hall–Kier alpha value is -3.51. The van der Waals surface area contributed by atoms with Crippen molar-refractivity contribution in [1.29, 1.82) is 0 Å². The van der Waals surface area contributed by atoms with Crippen LogP contribution < -0.4 is 10.6 Å². The maximum Gasteiger partial charge on any atom is 0.328 e. The number of ether oxygens (including phenoxy) is 1. The second kappa shape index (κ2) is 12.0. The SMILES string of the molecule is COC(=O)C(Cc1cccnc1)NC(=O)C1CN(C(=O)NC(C)C)CCN1S(=O)(=O)c1ccccc1. The van der Waals surface area contributed by atoms with Crippen molar-refractivity contribution in [1.82, 2.24) is 24.8 Å². The van der Waals surface area contributed by atoms with Crippen LogP contribution in [0, 0.1) is 0 Å². The molecule has 0 spiro atoms. The number of nitrogens with one attached hydrogen (secondary N) is 2. The van der Waals surface area contributed by atoms with Gasteiger partial charge in [0.2, 0.25) is 15.9 Å². The van der Waals surface area contributed by atoms with E-state index in [1.165, 1.54) is 24.1 Å². The van der Waals surface area contributed by atoms with Gasteiger partial charge >= 0.3 is 12.0 Å². The minimum atomic E-state index is -4.06. The summed E-state index contributed by atoms with van der Waals surface area (Å²) in [7, 11) is -2.86. The molecule has 12 heteroatoms. The summed E-state index contributed by atoms with van der Waals surface area (Å²) in [4.78, 5) is 44.1. The van der Waals surface area contributed by atoms with Gasteiger partial charge in [-0.05, 0) is 37.6 Å². The Bertz CT molecular complexity index is 1160. The van der Waals surface area contributed by atoms with Gasteiger partial charge in [0.25, 0.3) is 0 Å². The van der Waals surface area contributed by atoms with E-state index in [2.05, 4.69) is 15.6 Å². The predicted molar refractivity (Wildman–Crippen MR) is 131 cm³/mol. The first-order valence-corrected chi connectivity index (χ1v) is 13.0. The zero-order valence-electron chi connectivity index (χ0n) is 20.5. The van der Waals surface area contributed by atoms with Gasteiger partial charge in [-0.2, -0.15) is 4.31 Å². The van der Waals surface area contributed by atoms with Crippen LogP contribution in [-0.4, -0.2) is 85.4 Å². The number of rotatable bonds is 8. The average Bonchev–Trinajstić information content (AvgIpc) is 2.88. The molecule has 0 aliphatic carbocycles. The van der Waals surface area contributed by atoms with Crippen molar-refractivity contribution in [3.05, 3.63) is 60.4 Å². The number of esters is 1. The highest BCUT2D eigenvalue weighted by Crippen LogP contribution is 2.22. The summed E-state index contributed by atoms with van der Waals surface area (Å²) in [5, 5.41) is 5.40. The molecular weight excluding hydrogens is 486 g/mol. The van der Waals surface area contributed by atoms with E-state index in [-0.39, 0.29) is 37.0 Å². The fraction of sp³-hybridized carbons (Fsp3) is 0.417. The van der Waals surface area contributed by atoms with Crippen LogP contribution in [-0.2, 0) is 30.8 Å². The first-order valence-electron chi connectivity index (χ1n) is 11.5. The highest BCUT2D eigenvalue weighted by molar-refractivity contribution is 7.89. The van der Waals surface area contributed by atoms with E-state index in [9.17, 15) is 22.8 Å². The number of urea groups is 1. The second-order valence-electron chi connectivity index (χ2n) is 8.64. The van der Waals surface area contributed by atoms with Gasteiger partial charge in [-0.3, -0.25) is 9.78 Å². The molecule has 1 fully saturated rings. The lowest BCUT2D eigenvalue weighted by molar-refractivity contribution is -0.145. The standard InChI is InChI=1S/C24H31N5O6S/c1-17(2)26-24(32)28-12-13-29(36(33,34)19-9-5-4-6-10-19)21(16-28)22(30)27-20(23(31)35-3)14-18-8-7-11-25-15-18/h4-11,15,17,20-21H,12-14,16H2,1-3H3,(H,26,32)(H,27,30). The van der Waals surface area contributed by atoms with Gasteiger partial charge in [0.15, 0.2) is 0 Å². The fourth-order valence-corrected chi connectivity index (χ4v) is 5.47. The largest absolute Gasteiger partial charge is 0.467 e. The fourth-order valence-electron chi connectivity index (χ4n) is 3.88. The molecular formula is C24H31N5O6S. The molecule has 0 bridgehead atoms. The number of piperazine rings is 1. The zero-order valence-corrected chi connectivity index (χ0v) is 21.3. The van der Waals surface area contributed by atoms with Gasteiger partial charge in [0, 0.05) is 44.5 Å². The quantitative estimate of drug-likeness (QED) is 0.494. The van der Waals surface area contributed by atoms with Crippen LogP contribution in [0.25, 0.3) is 0 Å². The van der Waals surface area contributed by atoms with Gasteiger partial charge in [-0.1, -0.05) is 24.3 Å². The van der Waals surface area contributed by atoms with Crippen LogP contribution in [0.1, 0.15) is 19.4 Å². The molecule has 2 heterocycles. The molecule has 1 aliphatic rings. The predicted octanol–water partition coefficient (Wildman–Crippen LogP) is 0.775. The number of hydrogen-bond acceptors (Lipinski definition) is 7. The number of nitrogens with zero attached hydrogens (tertiary/aromatic N) is 3. The van der Waals surface area contributed by atoms with E-state index in [1.807, 2.05) is 0 Å². The van der Waals surface area contributed by atoms with Gasteiger partial charge in [0.1, 0.15) is 12.1 Å². The van der Waals surface area contributed by atoms with Crippen LogP contribution >= 0.6 is 0 Å². The van der Waals surface area contributed by atoms with Crippen molar-refractivity contribution in [3.63, 3.8) is 0 Å². The van der Waals surface area contributed by atoms with E-state index in [1.54, 1.807) is 56.6 Å². The first kappa shape index (κ1) is 27.1. The normalized spacial score (nSPS) is 17.3. The molecule has 11 nitrogen and oxygen atoms in total. The average molecular weight is 518 g/mol. The lowest BCUT2D eigenvalue weighted by Gasteiger charge is -2.40. The Morgan fingerprint density at radius 2 is 1.81 bits per heavy atom. The van der Waals surface area contributed by atoms with Crippen molar-refractivity contribution < 1.29 is 27.5 Å². The summed E-state index contributed by atoms with van der Waals surface area (Å²) in [5.41, 5.74) is 0.684. The van der Waals surface area contributed by atoms with Gasteiger partial charge in [-0.25, -0.2) is 18.0 Å². The minimum Gasteiger partial charge on any atom is -0.467 e. The molecule has 0 radical (unpaired) electrons. The molecule has 2 atom stereocenters. The lowest BCUT2D eigenvalue weighted by atomic mass is 10.1. The van der Waals surface area contributed by atoms with Crippen LogP contribution in [0.4, 0.5) is 4.79 Å². The number of pyridine rings is 1. The smallest absolute Gasteiger partial charge is 0.328 e. The third-order valence-electron chi connectivity index (χ3n) is 5.65. The van der Waals surface area contributed by atoms with Gasteiger partial charge in [0.05, 0.1) is 12.0 Å². The molecule has 1 aliphatic heterocycles. The van der Waals surface area contributed by atoms with E-state index in [0.717, 1.165) is 4.31 Å². The van der Waals surface area contributed by atoms with Crippen molar-refractivity contribution in [2.45, 2.75) is 43.3 Å². The van der Waals surface area contributed by atoms with Crippen molar-refractivity contribution >= 4 is 27.9 Å². The summed E-state index contributed by atoms with van der Waals surface area (Å²) in [5.74, 6) is -1.40. The Balaban J connectivity index is 1.90. The molecule has 1 saturated heterocycles. The van der Waals surface area contributed by atoms with E-state index < -0.39 is 40.0 Å². The summed E-state index contributed by atoms with van der Waals surface area (Å²) in [6.45, 7) is 3.43. The highest BCUT2D eigenvalue weighted by Gasteiger charge is 2.42. The summed E-state index contributed by atoms with van der Waals surface area (Å²) < 4.78 is 32.8. The van der Waals surface area contributed by atoms with E-state index >= 15 is 0 Å². The van der Waals surface area contributed by atoms with Gasteiger partial charge < -0.3 is 20.3 Å². The van der Waals surface area contributed by atoms with Crippen LogP contribution in [0.2, 0.25) is 0 Å². The topological polar surface area (TPSA) is 138 Å². The van der Waals surface area contributed by atoms with Crippen molar-refractivity contribution in [2.75, 3.05) is 26.7 Å². The molecule has 2 N–H and O–H groups in total. The number of carbonyl (C=O) groups excluding carboxylic acids is 3.